The largest absolute Gasteiger partial charge is 0.508 e. The molecule has 0 unspecified atom stereocenters. The molecule has 0 atom stereocenters. The van der Waals surface area contributed by atoms with Gasteiger partial charge in [0.05, 0.1) is 0 Å². The molecule has 4 N–H and O–H groups in total. The van der Waals surface area contributed by atoms with Crippen LogP contribution in [0.25, 0.3) is 0 Å². The van der Waals surface area contributed by atoms with Crippen LogP contribution in [0.1, 0.15) is 27.7 Å². The van der Waals surface area contributed by atoms with Crippen molar-refractivity contribution < 1.29 is 5.11 Å². The molecule has 88 valence electrons. The summed E-state index contributed by atoms with van der Waals surface area (Å²) >= 11 is 0. The van der Waals surface area contributed by atoms with E-state index in [-0.39, 0.29) is 0 Å². The van der Waals surface area contributed by atoms with Crippen molar-refractivity contribution in [3.05, 3.63) is 30.3 Å². The molecule has 0 aliphatic heterocycles. The van der Waals surface area contributed by atoms with E-state index >= 15 is 0 Å². The van der Waals surface area contributed by atoms with E-state index in [1.807, 2.05) is 19.9 Å². The summed E-state index contributed by atoms with van der Waals surface area (Å²) in [5.41, 5.74) is 5.12. The van der Waals surface area contributed by atoms with Crippen LogP contribution in [0.2, 0.25) is 0 Å². The highest BCUT2D eigenvalue weighted by atomic mass is 16.3. The number of phenolic OH excluding ortho intramolecular Hbond substituents is 1. The first-order valence-electron chi connectivity index (χ1n) is 5.34. The van der Waals surface area contributed by atoms with E-state index in [1.165, 1.54) is 0 Å². The molecule has 0 heterocycles. The van der Waals surface area contributed by atoms with Gasteiger partial charge < -0.3 is 16.2 Å². The lowest BCUT2D eigenvalue weighted by Gasteiger charge is -2.00. The second-order valence-corrected chi connectivity index (χ2v) is 2.90. The Morgan fingerprint density at radius 2 is 1.67 bits per heavy atom. The average Bonchev–Trinajstić information content (AvgIpc) is 2.22. The second-order valence-electron chi connectivity index (χ2n) is 2.90. The number of nitrogens with two attached hydrogens (primary N) is 1. The van der Waals surface area contributed by atoms with Gasteiger partial charge in [-0.15, -0.1) is 0 Å². The Kier molecular flexibility index (Phi) is 14.1. The highest BCUT2D eigenvalue weighted by Gasteiger charge is 1.82. The number of hydrogen-bond acceptors (Lipinski definition) is 3. The van der Waals surface area contributed by atoms with E-state index in [9.17, 15) is 0 Å². The molecule has 3 heteroatoms. The highest BCUT2D eigenvalue weighted by Crippen LogP contribution is 2.02. The van der Waals surface area contributed by atoms with Crippen molar-refractivity contribution in [2.24, 2.45) is 5.73 Å². The topological polar surface area (TPSA) is 58.3 Å². The average molecular weight is 212 g/mol. The van der Waals surface area contributed by atoms with Crippen LogP contribution in [0.3, 0.4) is 0 Å². The molecule has 0 amide bonds. The number of phenols is 1. The predicted molar refractivity (Wildman–Crippen MR) is 66.8 cm³/mol. The van der Waals surface area contributed by atoms with Gasteiger partial charge in [-0.1, -0.05) is 32.0 Å². The maximum atomic E-state index is 8.63. The van der Waals surface area contributed by atoms with Gasteiger partial charge in [0.15, 0.2) is 0 Å². The predicted octanol–water partition coefficient (Wildman–Crippen LogP) is 2.32. The van der Waals surface area contributed by atoms with Gasteiger partial charge in [0.2, 0.25) is 0 Å². The molecule has 0 aromatic heterocycles. The Balaban J connectivity index is 0. The molecule has 0 aliphatic rings. The number of nitrogens with one attached hydrogen (secondary N) is 1. The molecule has 1 aromatic rings. The third-order valence-electron chi connectivity index (χ3n) is 1.28. The van der Waals surface area contributed by atoms with Gasteiger partial charge >= 0.3 is 0 Å². The molecule has 3 nitrogen and oxygen atoms in total. The van der Waals surface area contributed by atoms with Crippen LogP contribution >= 0.6 is 0 Å². The van der Waals surface area contributed by atoms with Crippen LogP contribution in [0.15, 0.2) is 30.3 Å². The molecule has 0 fully saturated rings. The maximum Gasteiger partial charge on any atom is 0.115 e. The van der Waals surface area contributed by atoms with E-state index in [0.29, 0.717) is 18.5 Å². The molecule has 0 bridgehead atoms. The Morgan fingerprint density at radius 1 is 1.20 bits per heavy atom. The lowest BCUT2D eigenvalue weighted by molar-refractivity contribution is 0.475. The third-order valence-corrected chi connectivity index (χ3v) is 1.28. The van der Waals surface area contributed by atoms with Gasteiger partial charge in [-0.3, -0.25) is 0 Å². The van der Waals surface area contributed by atoms with E-state index in [1.54, 1.807) is 24.3 Å². The Bertz CT molecular complexity index is 200. The van der Waals surface area contributed by atoms with Crippen LogP contribution < -0.4 is 11.1 Å². The molecular weight excluding hydrogens is 188 g/mol. The van der Waals surface area contributed by atoms with Crippen LogP contribution in [0.4, 0.5) is 0 Å². The van der Waals surface area contributed by atoms with Crippen molar-refractivity contribution in [1.29, 1.82) is 0 Å². The third kappa shape index (κ3) is 15.7. The minimum absolute atomic E-state index is 0.322. The van der Waals surface area contributed by atoms with Gasteiger partial charge in [-0.25, -0.2) is 0 Å². The summed E-state index contributed by atoms with van der Waals surface area (Å²) in [6.45, 7) is 8.71. The number of para-hydroxylation sites is 1. The minimum Gasteiger partial charge on any atom is -0.508 e. The minimum atomic E-state index is 0.322. The molecule has 0 saturated heterocycles. The van der Waals surface area contributed by atoms with Crippen molar-refractivity contribution >= 4 is 0 Å². The fraction of sp³-hybridized carbons (Fsp3) is 0.500. The number of benzene rings is 1. The molecular formula is C12H24N2O. The Labute approximate surface area is 93.3 Å². The van der Waals surface area contributed by atoms with Crippen LogP contribution in [0, 0.1) is 0 Å². The smallest absolute Gasteiger partial charge is 0.115 e. The molecule has 0 saturated carbocycles. The number of hydrogen-bond donors (Lipinski definition) is 3. The second kappa shape index (κ2) is 12.9. The molecule has 15 heavy (non-hydrogen) atoms. The van der Waals surface area contributed by atoms with Crippen LogP contribution in [-0.2, 0) is 0 Å². The maximum absolute atomic E-state index is 8.63. The zero-order valence-corrected chi connectivity index (χ0v) is 10.2. The lowest BCUT2D eigenvalue weighted by Crippen LogP contribution is -2.28. The molecule has 0 aliphatic carbocycles. The zero-order valence-electron chi connectivity index (χ0n) is 10.2. The molecule has 1 rings (SSSR count). The Hall–Kier alpha value is -1.06. The first-order valence-corrected chi connectivity index (χ1v) is 5.34. The summed E-state index contributed by atoms with van der Waals surface area (Å²) in [6.07, 6.45) is 0. The molecule has 1 aromatic carbocycles. The molecule has 0 radical (unpaired) electrons. The van der Waals surface area contributed by atoms with Gasteiger partial charge in [0.25, 0.3) is 0 Å². The van der Waals surface area contributed by atoms with Crippen molar-refractivity contribution in [2.75, 3.05) is 6.67 Å². The van der Waals surface area contributed by atoms with Crippen LogP contribution in [-0.4, -0.2) is 17.8 Å². The summed E-state index contributed by atoms with van der Waals surface area (Å²) in [6, 6.07) is 9.24. The summed E-state index contributed by atoms with van der Waals surface area (Å²) in [7, 11) is 0. The number of aromatic hydroxyl groups is 1. The first kappa shape index (κ1) is 16.4. The van der Waals surface area contributed by atoms with Gasteiger partial charge in [-0.05, 0) is 26.0 Å². The number of rotatable bonds is 2. The van der Waals surface area contributed by atoms with E-state index in [2.05, 4.69) is 19.2 Å². The summed E-state index contributed by atoms with van der Waals surface area (Å²) in [5.74, 6) is 0.322. The highest BCUT2D eigenvalue weighted by molar-refractivity contribution is 5.18. The summed E-state index contributed by atoms with van der Waals surface area (Å²) in [4.78, 5) is 0. The van der Waals surface area contributed by atoms with Crippen molar-refractivity contribution in [2.45, 2.75) is 33.7 Å². The van der Waals surface area contributed by atoms with Gasteiger partial charge in [0.1, 0.15) is 5.75 Å². The van der Waals surface area contributed by atoms with E-state index < -0.39 is 0 Å². The van der Waals surface area contributed by atoms with Crippen molar-refractivity contribution in [1.82, 2.24) is 5.32 Å². The zero-order chi connectivity index (χ0) is 12.1. The summed E-state index contributed by atoms with van der Waals surface area (Å²) in [5, 5.41) is 11.6. The van der Waals surface area contributed by atoms with E-state index in [4.69, 9.17) is 10.8 Å². The van der Waals surface area contributed by atoms with Gasteiger partial charge in [-0.2, -0.15) is 0 Å². The quantitative estimate of drug-likeness (QED) is 0.659. The van der Waals surface area contributed by atoms with Gasteiger partial charge in [0, 0.05) is 12.7 Å². The lowest BCUT2D eigenvalue weighted by atomic mass is 10.3. The SMILES string of the molecule is CC.CC(C)NCN.Oc1ccccc1. The standard InChI is InChI=1S/C6H6O.C4H12N2.C2H6/c7-6-4-2-1-3-5-6;1-4(2)6-3-5;1-2/h1-5,7H;4,6H,3,5H2,1-2H3;1-2H3. The van der Waals surface area contributed by atoms with Crippen molar-refractivity contribution in [3.63, 3.8) is 0 Å². The summed E-state index contributed by atoms with van der Waals surface area (Å²) < 4.78 is 0. The van der Waals surface area contributed by atoms with Crippen LogP contribution in [0.5, 0.6) is 5.75 Å². The van der Waals surface area contributed by atoms with Crippen molar-refractivity contribution in [3.8, 4) is 5.75 Å². The fourth-order valence-corrected chi connectivity index (χ4v) is 0.664. The monoisotopic (exact) mass is 212 g/mol. The first-order chi connectivity index (χ1) is 7.16. The fourth-order valence-electron chi connectivity index (χ4n) is 0.664. The normalized spacial score (nSPS) is 8.40. The van der Waals surface area contributed by atoms with E-state index in [0.717, 1.165) is 0 Å². The molecule has 0 spiro atoms. The Morgan fingerprint density at radius 3 is 1.80 bits per heavy atom.